The molecule has 0 bridgehead atoms. The summed E-state index contributed by atoms with van der Waals surface area (Å²) in [4.78, 5) is 11.8. The zero-order valence-electron chi connectivity index (χ0n) is 9.35. The maximum absolute atomic E-state index is 9.28. The molecule has 0 atom stereocenters. The quantitative estimate of drug-likeness (QED) is 0.851. The molecule has 0 aliphatic heterocycles. The fourth-order valence-corrected chi connectivity index (χ4v) is 2.15. The molecule has 0 radical (unpaired) electrons. The van der Waals surface area contributed by atoms with Crippen molar-refractivity contribution in [3.8, 4) is 17.3 Å². The lowest BCUT2D eigenvalue weighted by Gasteiger charge is -2.33. The van der Waals surface area contributed by atoms with Gasteiger partial charge in [0.2, 0.25) is 0 Å². The molecule has 0 unspecified atom stereocenters. The van der Waals surface area contributed by atoms with Crippen LogP contribution < -0.4 is 0 Å². The smallest absolute Gasteiger partial charge is 0.149 e. The van der Waals surface area contributed by atoms with Crippen molar-refractivity contribution in [1.82, 2.24) is 15.0 Å². The first-order chi connectivity index (χ1) is 8.34. The molecule has 2 aromatic rings. The Labute approximate surface area is 99.3 Å². The highest BCUT2D eigenvalue weighted by Crippen LogP contribution is 2.41. The van der Waals surface area contributed by atoms with Crippen molar-refractivity contribution in [2.24, 2.45) is 0 Å². The Bertz CT molecular complexity index is 561. The van der Waals surface area contributed by atoms with Crippen LogP contribution in [0.4, 0.5) is 0 Å². The molecule has 0 amide bonds. The van der Waals surface area contributed by atoms with Crippen LogP contribution in [0.1, 0.15) is 25.1 Å². The number of hydrogen-bond acceptors (Lipinski definition) is 3. The fourth-order valence-electron chi connectivity index (χ4n) is 2.15. The van der Waals surface area contributed by atoms with Crippen LogP contribution in [-0.2, 0) is 5.41 Å². The van der Waals surface area contributed by atoms with Crippen molar-refractivity contribution in [2.75, 3.05) is 0 Å². The molecule has 3 rings (SSSR count). The molecule has 2 aromatic heterocycles. The summed E-state index contributed by atoms with van der Waals surface area (Å²) in [5.41, 5.74) is 1.46. The first-order valence-electron chi connectivity index (χ1n) is 5.72. The van der Waals surface area contributed by atoms with Crippen molar-refractivity contribution >= 4 is 0 Å². The Balaban J connectivity index is 2.03. The average Bonchev–Trinajstić information content (AvgIpc) is 2.82. The maximum Gasteiger partial charge on any atom is 0.149 e. The van der Waals surface area contributed by atoms with Gasteiger partial charge in [-0.2, -0.15) is 5.26 Å². The Hall–Kier alpha value is -2.15. The third-order valence-corrected chi connectivity index (χ3v) is 3.40. The molecule has 4 heteroatoms. The van der Waals surface area contributed by atoms with Gasteiger partial charge in [-0.3, -0.25) is 0 Å². The van der Waals surface area contributed by atoms with Gasteiger partial charge in [0.1, 0.15) is 11.2 Å². The van der Waals surface area contributed by atoms with Crippen molar-refractivity contribution in [3.05, 3.63) is 36.5 Å². The normalized spacial score (nSPS) is 17.1. The van der Waals surface area contributed by atoms with E-state index in [1.807, 2.05) is 24.5 Å². The van der Waals surface area contributed by atoms with Crippen LogP contribution >= 0.6 is 0 Å². The van der Waals surface area contributed by atoms with E-state index in [9.17, 15) is 5.26 Å². The number of nitrogens with zero attached hydrogens (tertiary/aromatic N) is 3. The molecule has 17 heavy (non-hydrogen) atoms. The summed E-state index contributed by atoms with van der Waals surface area (Å²) < 4.78 is 0. The van der Waals surface area contributed by atoms with E-state index in [1.165, 1.54) is 0 Å². The average molecular weight is 224 g/mol. The molecular formula is C13H12N4. The zero-order valence-corrected chi connectivity index (χ0v) is 9.35. The highest BCUT2D eigenvalue weighted by atomic mass is 14.9. The number of nitrogens with one attached hydrogen (secondary N) is 1. The maximum atomic E-state index is 9.28. The predicted molar refractivity (Wildman–Crippen MR) is 63.0 cm³/mol. The number of aromatic amines is 1. The lowest BCUT2D eigenvalue weighted by atomic mass is 9.69. The van der Waals surface area contributed by atoms with Crippen LogP contribution in [0.3, 0.4) is 0 Å². The molecule has 0 aromatic carbocycles. The molecule has 1 saturated carbocycles. The van der Waals surface area contributed by atoms with Gasteiger partial charge in [0.15, 0.2) is 0 Å². The summed E-state index contributed by atoms with van der Waals surface area (Å²) in [5.74, 6) is 0.671. The highest BCUT2D eigenvalue weighted by Gasteiger charge is 2.41. The molecule has 84 valence electrons. The van der Waals surface area contributed by atoms with Gasteiger partial charge in [0, 0.05) is 24.2 Å². The van der Waals surface area contributed by atoms with E-state index in [0.29, 0.717) is 5.82 Å². The minimum Gasteiger partial charge on any atom is -0.367 e. The molecule has 1 fully saturated rings. The molecular weight excluding hydrogens is 212 g/mol. The van der Waals surface area contributed by atoms with E-state index in [4.69, 9.17) is 0 Å². The lowest BCUT2D eigenvalue weighted by Crippen LogP contribution is -2.34. The Kier molecular flexibility index (Phi) is 2.19. The number of nitriles is 1. The predicted octanol–water partition coefficient (Wildman–Crippen LogP) is 2.42. The third kappa shape index (κ3) is 1.51. The third-order valence-electron chi connectivity index (χ3n) is 3.40. The van der Waals surface area contributed by atoms with Crippen molar-refractivity contribution in [3.63, 3.8) is 0 Å². The van der Waals surface area contributed by atoms with Crippen LogP contribution in [0.15, 0.2) is 30.7 Å². The molecule has 0 saturated heterocycles. The van der Waals surface area contributed by atoms with Crippen LogP contribution in [0.2, 0.25) is 0 Å². The molecule has 1 N–H and O–H groups in total. The van der Waals surface area contributed by atoms with Crippen molar-refractivity contribution in [1.29, 1.82) is 5.26 Å². The Morgan fingerprint density at radius 1 is 1.35 bits per heavy atom. The van der Waals surface area contributed by atoms with Crippen LogP contribution in [0.5, 0.6) is 0 Å². The second-order valence-electron chi connectivity index (χ2n) is 4.41. The van der Waals surface area contributed by atoms with Gasteiger partial charge < -0.3 is 4.98 Å². The summed E-state index contributed by atoms with van der Waals surface area (Å²) >= 11 is 0. The van der Waals surface area contributed by atoms with Crippen molar-refractivity contribution < 1.29 is 0 Å². The monoisotopic (exact) mass is 224 g/mol. The van der Waals surface area contributed by atoms with Crippen LogP contribution in [0, 0.1) is 11.3 Å². The first-order valence-corrected chi connectivity index (χ1v) is 5.72. The largest absolute Gasteiger partial charge is 0.367 e. The minimum atomic E-state index is -0.438. The second-order valence-corrected chi connectivity index (χ2v) is 4.41. The van der Waals surface area contributed by atoms with Crippen molar-refractivity contribution in [2.45, 2.75) is 24.7 Å². The van der Waals surface area contributed by atoms with Crippen LogP contribution in [-0.4, -0.2) is 15.0 Å². The fraction of sp³-hybridized carbons (Fsp3) is 0.308. The standard InChI is InChI=1S/C13H12N4/c14-9-13(4-1-5-13)12-16-7-3-11(17-12)10-2-6-15-8-10/h2-3,6-8,15H,1,4-5H2. The summed E-state index contributed by atoms with van der Waals surface area (Å²) in [7, 11) is 0. The Morgan fingerprint density at radius 3 is 2.82 bits per heavy atom. The van der Waals surface area contributed by atoms with E-state index in [2.05, 4.69) is 21.0 Å². The SMILES string of the molecule is N#CC1(c2nccc(-c3cc[nH]c3)n2)CCC1. The number of hydrogen-bond donors (Lipinski definition) is 1. The van der Waals surface area contributed by atoms with Gasteiger partial charge in [-0.05, 0) is 31.4 Å². The second kappa shape index (κ2) is 3.70. The summed E-state index contributed by atoms with van der Waals surface area (Å²) in [6.45, 7) is 0. The van der Waals surface area contributed by atoms with E-state index in [-0.39, 0.29) is 0 Å². The number of aromatic nitrogens is 3. The Morgan fingerprint density at radius 2 is 2.24 bits per heavy atom. The van der Waals surface area contributed by atoms with Gasteiger partial charge in [-0.15, -0.1) is 0 Å². The topological polar surface area (TPSA) is 65.4 Å². The molecule has 1 aliphatic carbocycles. The van der Waals surface area contributed by atoms with E-state index < -0.39 is 5.41 Å². The molecule has 2 heterocycles. The van der Waals surface area contributed by atoms with E-state index in [0.717, 1.165) is 30.5 Å². The van der Waals surface area contributed by atoms with Crippen LogP contribution in [0.25, 0.3) is 11.3 Å². The summed E-state index contributed by atoms with van der Waals surface area (Å²) in [6, 6.07) is 6.21. The minimum absolute atomic E-state index is 0.438. The number of rotatable bonds is 2. The molecule has 0 spiro atoms. The van der Waals surface area contributed by atoms with E-state index >= 15 is 0 Å². The first kappa shape index (κ1) is 10.0. The summed E-state index contributed by atoms with van der Waals surface area (Å²) in [5, 5.41) is 9.28. The highest BCUT2D eigenvalue weighted by molar-refractivity contribution is 5.57. The van der Waals surface area contributed by atoms with Gasteiger partial charge >= 0.3 is 0 Å². The summed E-state index contributed by atoms with van der Waals surface area (Å²) in [6.07, 6.45) is 8.33. The number of H-pyrrole nitrogens is 1. The molecule has 4 nitrogen and oxygen atoms in total. The lowest BCUT2D eigenvalue weighted by molar-refractivity contribution is 0.307. The van der Waals surface area contributed by atoms with E-state index in [1.54, 1.807) is 6.20 Å². The van der Waals surface area contributed by atoms with Gasteiger partial charge in [0.05, 0.1) is 11.8 Å². The van der Waals surface area contributed by atoms with Gasteiger partial charge in [-0.25, -0.2) is 9.97 Å². The molecule has 1 aliphatic rings. The zero-order chi connectivity index (χ0) is 11.7. The van der Waals surface area contributed by atoms with Gasteiger partial charge in [0.25, 0.3) is 0 Å². The van der Waals surface area contributed by atoms with Gasteiger partial charge in [-0.1, -0.05) is 0 Å².